The van der Waals surface area contributed by atoms with Gasteiger partial charge in [0.05, 0.1) is 38.0 Å². The second-order valence-electron chi connectivity index (χ2n) is 8.15. The van der Waals surface area contributed by atoms with Crippen molar-refractivity contribution >= 4 is 27.9 Å². The molecule has 12 heteroatoms. The Balaban J connectivity index is 1.57. The highest BCUT2D eigenvalue weighted by molar-refractivity contribution is 7.89. The van der Waals surface area contributed by atoms with E-state index in [1.807, 2.05) is 0 Å². The van der Waals surface area contributed by atoms with Crippen molar-refractivity contribution in [3.05, 3.63) is 53.2 Å². The predicted octanol–water partition coefficient (Wildman–Crippen LogP) is 1.91. The highest BCUT2D eigenvalue weighted by atomic mass is 32.2. The Labute approximate surface area is 190 Å². The van der Waals surface area contributed by atoms with Crippen molar-refractivity contribution in [3.8, 4) is 5.88 Å². The van der Waals surface area contributed by atoms with Crippen molar-refractivity contribution in [2.45, 2.75) is 12.5 Å². The molecular formula is C21H23F2N5O4S. The van der Waals surface area contributed by atoms with Crippen molar-refractivity contribution < 1.29 is 26.7 Å². The Kier molecular flexibility index (Phi) is 6.06. The number of rotatable bonds is 6. The van der Waals surface area contributed by atoms with E-state index in [9.17, 15) is 17.2 Å². The summed E-state index contributed by atoms with van der Waals surface area (Å²) in [5.41, 5.74) is 4.52. The molecule has 0 aliphatic carbocycles. The molecule has 176 valence electrons. The van der Waals surface area contributed by atoms with E-state index in [1.54, 1.807) is 0 Å². The molecule has 0 spiro atoms. The zero-order valence-electron chi connectivity index (χ0n) is 18.0. The van der Waals surface area contributed by atoms with Gasteiger partial charge < -0.3 is 15.2 Å². The van der Waals surface area contributed by atoms with E-state index >= 15 is 0 Å². The summed E-state index contributed by atoms with van der Waals surface area (Å²) in [6.07, 6.45) is 3.71. The quantitative estimate of drug-likeness (QED) is 0.672. The van der Waals surface area contributed by atoms with Gasteiger partial charge in [0.1, 0.15) is 17.1 Å². The fraction of sp³-hybridized carbons (Fsp3) is 0.381. The van der Waals surface area contributed by atoms with Gasteiger partial charge >= 0.3 is 0 Å². The first-order valence-electron chi connectivity index (χ1n) is 10.1. The Morgan fingerprint density at radius 3 is 2.73 bits per heavy atom. The van der Waals surface area contributed by atoms with E-state index in [4.69, 9.17) is 15.2 Å². The zero-order valence-corrected chi connectivity index (χ0v) is 18.8. The number of nitrogens with zero attached hydrogens (tertiary/aromatic N) is 4. The van der Waals surface area contributed by atoms with Gasteiger partial charge in [-0.2, -0.15) is 0 Å². The third-order valence-electron chi connectivity index (χ3n) is 5.48. The summed E-state index contributed by atoms with van der Waals surface area (Å²) < 4.78 is 65.7. The molecule has 33 heavy (non-hydrogen) atoms. The average molecular weight is 480 g/mol. The van der Waals surface area contributed by atoms with Gasteiger partial charge in [0.2, 0.25) is 21.9 Å². The van der Waals surface area contributed by atoms with Crippen LogP contribution in [0.5, 0.6) is 5.88 Å². The molecule has 2 aromatic rings. The second kappa shape index (κ2) is 8.67. The van der Waals surface area contributed by atoms with Crippen LogP contribution in [0, 0.1) is 11.7 Å². The molecule has 1 saturated heterocycles. The zero-order chi connectivity index (χ0) is 23.8. The largest absolute Gasteiger partial charge is 0.476 e. The third-order valence-corrected chi connectivity index (χ3v) is 7.42. The number of aromatic nitrogens is 2. The molecule has 1 atom stereocenters. The maximum absolute atomic E-state index is 14.8. The van der Waals surface area contributed by atoms with E-state index in [1.165, 1.54) is 38.5 Å². The third kappa shape index (κ3) is 4.81. The van der Waals surface area contributed by atoms with Gasteiger partial charge in [-0.15, -0.1) is 0 Å². The Bertz CT molecular complexity index is 1220. The van der Waals surface area contributed by atoms with Gasteiger partial charge in [0, 0.05) is 18.5 Å². The molecule has 3 heterocycles. The van der Waals surface area contributed by atoms with Crippen LogP contribution in [0.3, 0.4) is 0 Å². The molecule has 1 aromatic carbocycles. The Morgan fingerprint density at radius 2 is 2.12 bits per heavy atom. The van der Waals surface area contributed by atoms with Crippen LogP contribution in [0.1, 0.15) is 23.7 Å². The first-order valence-corrected chi connectivity index (χ1v) is 11.7. The summed E-state index contributed by atoms with van der Waals surface area (Å²) in [6.45, 7) is 3.19. The molecule has 2 aliphatic heterocycles. The van der Waals surface area contributed by atoms with Gasteiger partial charge in [-0.1, -0.05) is 6.07 Å². The van der Waals surface area contributed by atoms with Crippen LogP contribution < -0.4 is 10.5 Å². The number of hydrogen-bond acceptors (Lipinski definition) is 8. The van der Waals surface area contributed by atoms with E-state index in [0.29, 0.717) is 31.3 Å². The molecule has 1 aromatic heterocycles. The van der Waals surface area contributed by atoms with Crippen LogP contribution in [-0.2, 0) is 20.3 Å². The normalized spacial score (nSPS) is 23.1. The van der Waals surface area contributed by atoms with Gasteiger partial charge in [-0.3, -0.25) is 0 Å². The van der Waals surface area contributed by atoms with Crippen LogP contribution in [0.2, 0.25) is 0 Å². The minimum atomic E-state index is -3.79. The summed E-state index contributed by atoms with van der Waals surface area (Å²) in [6, 6.07) is 3.84. The smallest absolute Gasteiger partial charge is 0.239 e. The molecule has 0 bridgehead atoms. The van der Waals surface area contributed by atoms with Crippen LogP contribution in [0.25, 0.3) is 11.9 Å². The Hall–Kier alpha value is -3.12. The summed E-state index contributed by atoms with van der Waals surface area (Å²) in [5, 5.41) is 0. The van der Waals surface area contributed by atoms with Gasteiger partial charge in [-0.25, -0.2) is 36.5 Å². The highest BCUT2D eigenvalue weighted by Gasteiger charge is 2.41. The van der Waals surface area contributed by atoms with E-state index in [0.717, 1.165) is 16.4 Å². The maximum atomic E-state index is 14.8. The molecule has 4 rings (SSSR count). The Morgan fingerprint density at radius 1 is 1.36 bits per heavy atom. The number of halogens is 2. The molecule has 2 aliphatic rings. The number of aliphatic imine (C=N–C) groups is 1. The minimum Gasteiger partial charge on any atom is -0.476 e. The number of benzene rings is 1. The van der Waals surface area contributed by atoms with Crippen molar-refractivity contribution in [1.29, 1.82) is 0 Å². The lowest BCUT2D eigenvalue weighted by Gasteiger charge is -2.34. The van der Waals surface area contributed by atoms with Gasteiger partial charge in [0.25, 0.3) is 0 Å². The standard InChI is InChI=1S/C21H23F2N5O4S/c1-21(12-33(29,30)28(2)20(24)27-21)15-5-13(3-4-16(15)22)6-17(23)18-7-26-19(8-25-18)32-11-14-9-31-10-14/h3-8,14H,9-12H2,1-2H3,(H2,24,27)/b17-6-/t21-/m0/s1. The van der Waals surface area contributed by atoms with E-state index in [2.05, 4.69) is 15.0 Å². The molecule has 0 amide bonds. The van der Waals surface area contributed by atoms with E-state index in [-0.39, 0.29) is 23.1 Å². The number of sulfonamides is 1. The number of guanidine groups is 1. The lowest BCUT2D eigenvalue weighted by molar-refractivity contribution is -0.0514. The van der Waals surface area contributed by atoms with Crippen molar-refractivity contribution in [3.63, 3.8) is 0 Å². The summed E-state index contributed by atoms with van der Waals surface area (Å²) in [7, 11) is -2.51. The first kappa shape index (κ1) is 23.1. The average Bonchev–Trinajstić information content (AvgIpc) is 2.72. The fourth-order valence-electron chi connectivity index (χ4n) is 3.45. The number of hydrogen-bond donors (Lipinski definition) is 1. The molecule has 9 nitrogen and oxygen atoms in total. The van der Waals surface area contributed by atoms with Crippen molar-refractivity contribution in [1.82, 2.24) is 14.3 Å². The molecular weight excluding hydrogens is 456 g/mol. The summed E-state index contributed by atoms with van der Waals surface area (Å²) in [4.78, 5) is 12.3. The monoisotopic (exact) mass is 479 g/mol. The second-order valence-corrected chi connectivity index (χ2v) is 10.2. The molecule has 2 N–H and O–H groups in total. The van der Waals surface area contributed by atoms with Gasteiger partial charge in [-0.05, 0) is 30.7 Å². The lowest BCUT2D eigenvalue weighted by Crippen LogP contribution is -2.50. The van der Waals surface area contributed by atoms with Crippen LogP contribution in [0.4, 0.5) is 8.78 Å². The fourth-order valence-corrected chi connectivity index (χ4v) is 4.90. The van der Waals surface area contributed by atoms with Crippen LogP contribution in [-0.4, -0.2) is 61.3 Å². The molecule has 1 fully saturated rings. The number of ether oxygens (including phenoxy) is 2. The summed E-state index contributed by atoms with van der Waals surface area (Å²) in [5.74, 6) is -1.53. The van der Waals surface area contributed by atoms with Crippen molar-refractivity contribution in [2.24, 2.45) is 16.6 Å². The number of nitrogens with two attached hydrogens (primary N) is 1. The van der Waals surface area contributed by atoms with Gasteiger partial charge in [0.15, 0.2) is 5.83 Å². The predicted molar refractivity (Wildman–Crippen MR) is 118 cm³/mol. The van der Waals surface area contributed by atoms with Crippen LogP contribution in [0.15, 0.2) is 35.6 Å². The molecule has 0 saturated carbocycles. The molecule has 0 unspecified atom stereocenters. The minimum absolute atomic E-state index is 0.0153. The lowest BCUT2D eigenvalue weighted by atomic mass is 9.92. The highest BCUT2D eigenvalue weighted by Crippen LogP contribution is 2.34. The SMILES string of the molecule is CN1C(N)=N[C@](C)(c2cc(/C=C(\F)c3cnc(OCC4COC4)cn3)ccc2F)CS1(=O)=O. The van der Waals surface area contributed by atoms with Crippen molar-refractivity contribution in [2.75, 3.05) is 32.6 Å². The summed E-state index contributed by atoms with van der Waals surface area (Å²) >= 11 is 0. The topological polar surface area (TPSA) is 120 Å². The van der Waals surface area contributed by atoms with Crippen LogP contribution >= 0.6 is 0 Å². The van der Waals surface area contributed by atoms with E-state index < -0.39 is 33.0 Å². The maximum Gasteiger partial charge on any atom is 0.239 e. The molecule has 0 radical (unpaired) electrons. The first-order chi connectivity index (χ1) is 15.6.